The van der Waals surface area contributed by atoms with Gasteiger partial charge in [0.25, 0.3) is 0 Å². The number of nitrogens with zero attached hydrogens (tertiary/aromatic N) is 3. The highest BCUT2D eigenvalue weighted by Gasteiger charge is 2.19. The van der Waals surface area contributed by atoms with Crippen molar-refractivity contribution >= 4 is 6.41 Å². The maximum Gasteiger partial charge on any atom is 0.209 e. The van der Waals surface area contributed by atoms with E-state index in [1.165, 1.54) is 16.7 Å². The van der Waals surface area contributed by atoms with Crippen LogP contribution in [-0.4, -0.2) is 78.2 Å². The van der Waals surface area contributed by atoms with Crippen molar-refractivity contribution in [2.75, 3.05) is 45.9 Å². The van der Waals surface area contributed by atoms with E-state index >= 15 is 0 Å². The number of fused-ring (bicyclic) bond motifs is 1. The van der Waals surface area contributed by atoms with Gasteiger partial charge in [0, 0.05) is 52.4 Å². The third-order valence-electron chi connectivity index (χ3n) is 6.20. The van der Waals surface area contributed by atoms with Crippen LogP contribution in [0, 0.1) is 0 Å². The Bertz CT molecular complexity index is 859. The Balaban J connectivity index is 1.24. The van der Waals surface area contributed by atoms with Gasteiger partial charge in [-0.3, -0.25) is 14.6 Å². The van der Waals surface area contributed by atoms with E-state index in [4.69, 9.17) is 4.74 Å². The van der Waals surface area contributed by atoms with Crippen LogP contribution in [0.1, 0.15) is 23.1 Å². The number of carbonyl (C=O) groups is 1. The molecule has 4 rings (SSSR count). The largest absolute Gasteiger partial charge is 0.491 e. The lowest BCUT2D eigenvalue weighted by Crippen LogP contribution is -2.38. The molecule has 2 aromatic carbocycles. The van der Waals surface area contributed by atoms with Crippen molar-refractivity contribution in [3.63, 3.8) is 0 Å². The van der Waals surface area contributed by atoms with Crippen molar-refractivity contribution in [3.8, 4) is 5.75 Å². The molecule has 1 atom stereocenters. The van der Waals surface area contributed by atoms with Crippen LogP contribution in [0.3, 0.4) is 0 Å². The summed E-state index contributed by atoms with van der Waals surface area (Å²) in [6, 6.07) is 16.7. The van der Waals surface area contributed by atoms with Gasteiger partial charge < -0.3 is 14.7 Å². The quantitative estimate of drug-likeness (QED) is 0.660. The maximum absolute atomic E-state index is 11.0. The molecular weight excluding hydrogens is 390 g/mol. The van der Waals surface area contributed by atoms with Crippen molar-refractivity contribution in [1.82, 2.24) is 14.7 Å². The van der Waals surface area contributed by atoms with Gasteiger partial charge in [0.15, 0.2) is 0 Å². The van der Waals surface area contributed by atoms with Gasteiger partial charge in [0.1, 0.15) is 18.5 Å². The summed E-state index contributed by atoms with van der Waals surface area (Å²) in [5.41, 5.74) is 3.98. The average molecular weight is 424 g/mol. The third-order valence-corrected chi connectivity index (χ3v) is 6.20. The van der Waals surface area contributed by atoms with Crippen LogP contribution < -0.4 is 4.74 Å². The van der Waals surface area contributed by atoms with Crippen LogP contribution in [0.5, 0.6) is 5.75 Å². The summed E-state index contributed by atoms with van der Waals surface area (Å²) < 4.78 is 5.92. The van der Waals surface area contributed by atoms with Crippen LogP contribution in [0.4, 0.5) is 0 Å². The summed E-state index contributed by atoms with van der Waals surface area (Å²) in [6.45, 7) is 7.13. The normalized spacial score (nSPS) is 18.8. The lowest BCUT2D eigenvalue weighted by atomic mass is 10.00. The van der Waals surface area contributed by atoms with Gasteiger partial charge in [0.2, 0.25) is 6.41 Å². The zero-order valence-electron chi connectivity index (χ0n) is 18.2. The molecule has 1 amide bonds. The Kier molecular flexibility index (Phi) is 7.57. The fraction of sp³-hybridized carbons (Fsp3) is 0.480. The second-order valence-corrected chi connectivity index (χ2v) is 8.64. The van der Waals surface area contributed by atoms with Crippen LogP contribution in [0.2, 0.25) is 0 Å². The average Bonchev–Trinajstić information content (AvgIpc) is 3.03. The van der Waals surface area contributed by atoms with Crippen molar-refractivity contribution in [1.29, 1.82) is 0 Å². The first-order valence-electron chi connectivity index (χ1n) is 11.3. The lowest BCUT2D eigenvalue weighted by molar-refractivity contribution is -0.118. The van der Waals surface area contributed by atoms with Crippen molar-refractivity contribution in [2.45, 2.75) is 32.0 Å². The summed E-state index contributed by atoms with van der Waals surface area (Å²) in [7, 11) is 0. The number of hydrogen-bond acceptors (Lipinski definition) is 5. The molecular formula is C25H33N3O3. The first kappa shape index (κ1) is 21.8. The first-order valence-corrected chi connectivity index (χ1v) is 11.3. The van der Waals surface area contributed by atoms with E-state index in [0.29, 0.717) is 13.2 Å². The minimum Gasteiger partial charge on any atom is -0.491 e. The molecule has 1 unspecified atom stereocenters. The zero-order chi connectivity index (χ0) is 21.5. The monoisotopic (exact) mass is 423 g/mol. The van der Waals surface area contributed by atoms with Gasteiger partial charge in [-0.2, -0.15) is 0 Å². The molecule has 6 heteroatoms. The predicted molar refractivity (Wildman–Crippen MR) is 121 cm³/mol. The molecule has 2 heterocycles. The molecule has 6 nitrogen and oxygen atoms in total. The molecule has 166 valence electrons. The van der Waals surface area contributed by atoms with Crippen LogP contribution in [0.15, 0.2) is 48.5 Å². The Hall–Kier alpha value is -2.41. The second-order valence-electron chi connectivity index (χ2n) is 8.64. The van der Waals surface area contributed by atoms with Crippen molar-refractivity contribution in [3.05, 3.63) is 65.2 Å². The predicted octanol–water partition coefficient (Wildman–Crippen LogP) is 2.15. The summed E-state index contributed by atoms with van der Waals surface area (Å²) in [6.07, 6.45) is 2.47. The van der Waals surface area contributed by atoms with E-state index in [0.717, 1.165) is 70.8 Å². The van der Waals surface area contributed by atoms with Gasteiger partial charge in [-0.25, -0.2) is 0 Å². The molecule has 1 N–H and O–H groups in total. The van der Waals surface area contributed by atoms with E-state index in [1.807, 2.05) is 17.0 Å². The Morgan fingerprint density at radius 3 is 2.71 bits per heavy atom. The number of aliphatic hydroxyl groups excluding tert-OH is 1. The molecule has 0 bridgehead atoms. The smallest absolute Gasteiger partial charge is 0.209 e. The lowest BCUT2D eigenvalue weighted by Gasteiger charge is -2.30. The summed E-state index contributed by atoms with van der Waals surface area (Å²) in [4.78, 5) is 17.5. The van der Waals surface area contributed by atoms with E-state index in [9.17, 15) is 9.90 Å². The van der Waals surface area contributed by atoms with E-state index < -0.39 is 6.10 Å². The standard InChI is InChI=1S/C25H33N3O3/c29-20-27-11-4-10-26(13-14-27)16-21-5-3-8-25(15-21)31-19-24(30)18-28-12-9-22-6-1-2-7-23(22)17-28/h1-3,5-8,15,20,24,30H,4,9-14,16-19H2. The number of carbonyl (C=O) groups excluding carboxylic acids is 1. The molecule has 2 aromatic rings. The number of β-amino-alcohol motifs (C(OH)–C–C–N with tert-alkyl or cyclic N) is 1. The fourth-order valence-electron chi connectivity index (χ4n) is 4.50. The molecule has 0 aromatic heterocycles. The highest BCUT2D eigenvalue weighted by Crippen LogP contribution is 2.19. The van der Waals surface area contributed by atoms with Crippen LogP contribution >= 0.6 is 0 Å². The number of ether oxygens (including phenoxy) is 1. The SMILES string of the molecule is O=CN1CCCN(Cc2cccc(OCC(O)CN3CCc4ccccc4C3)c2)CC1. The number of rotatable bonds is 8. The highest BCUT2D eigenvalue weighted by atomic mass is 16.5. The Morgan fingerprint density at radius 1 is 0.968 bits per heavy atom. The molecule has 31 heavy (non-hydrogen) atoms. The Morgan fingerprint density at radius 2 is 1.84 bits per heavy atom. The molecule has 0 spiro atoms. The molecule has 0 radical (unpaired) electrons. The van der Waals surface area contributed by atoms with Crippen molar-refractivity contribution in [2.24, 2.45) is 0 Å². The van der Waals surface area contributed by atoms with Gasteiger partial charge in [-0.15, -0.1) is 0 Å². The molecule has 1 saturated heterocycles. The second kappa shape index (κ2) is 10.8. The van der Waals surface area contributed by atoms with Gasteiger partial charge in [0.05, 0.1) is 0 Å². The summed E-state index contributed by atoms with van der Waals surface area (Å²) >= 11 is 0. The van der Waals surface area contributed by atoms with Crippen LogP contribution in [0.25, 0.3) is 0 Å². The third kappa shape index (κ3) is 6.29. The fourth-order valence-corrected chi connectivity index (χ4v) is 4.50. The molecule has 1 fully saturated rings. The Labute approximate surface area is 185 Å². The first-order chi connectivity index (χ1) is 15.2. The minimum absolute atomic E-state index is 0.291. The highest BCUT2D eigenvalue weighted by molar-refractivity contribution is 5.46. The van der Waals surface area contributed by atoms with Crippen LogP contribution in [-0.2, 0) is 24.3 Å². The van der Waals surface area contributed by atoms with Gasteiger partial charge in [-0.05, 0) is 41.7 Å². The van der Waals surface area contributed by atoms with E-state index in [-0.39, 0.29) is 0 Å². The van der Waals surface area contributed by atoms with Crippen molar-refractivity contribution < 1.29 is 14.6 Å². The molecule has 0 saturated carbocycles. The summed E-state index contributed by atoms with van der Waals surface area (Å²) in [5, 5.41) is 10.5. The molecule has 2 aliphatic rings. The minimum atomic E-state index is -0.520. The number of hydrogen-bond donors (Lipinski definition) is 1. The number of aliphatic hydroxyl groups is 1. The van der Waals surface area contributed by atoms with E-state index in [1.54, 1.807) is 0 Å². The van der Waals surface area contributed by atoms with Gasteiger partial charge in [-0.1, -0.05) is 36.4 Å². The zero-order valence-corrected chi connectivity index (χ0v) is 18.2. The topological polar surface area (TPSA) is 56.3 Å². The number of benzene rings is 2. The summed E-state index contributed by atoms with van der Waals surface area (Å²) in [5.74, 6) is 0.796. The maximum atomic E-state index is 11.0. The number of amides is 1. The van der Waals surface area contributed by atoms with Gasteiger partial charge >= 0.3 is 0 Å². The van der Waals surface area contributed by atoms with E-state index in [2.05, 4.69) is 46.2 Å². The molecule has 0 aliphatic carbocycles. The molecule has 2 aliphatic heterocycles.